The van der Waals surface area contributed by atoms with Gasteiger partial charge in [0, 0.05) is 11.6 Å². The molecule has 0 aliphatic carbocycles. The molecule has 0 fully saturated rings. The van der Waals surface area contributed by atoms with Gasteiger partial charge in [-0.15, -0.1) is 0 Å². The van der Waals surface area contributed by atoms with Gasteiger partial charge in [0.15, 0.2) is 0 Å². The van der Waals surface area contributed by atoms with E-state index in [0.717, 1.165) is 17.8 Å². The predicted octanol–water partition coefficient (Wildman–Crippen LogP) is 2.90. The van der Waals surface area contributed by atoms with E-state index in [4.69, 9.17) is 0 Å². The van der Waals surface area contributed by atoms with E-state index >= 15 is 0 Å². The van der Waals surface area contributed by atoms with Gasteiger partial charge in [-0.25, -0.2) is 0 Å². The Kier molecular flexibility index (Phi) is 3.54. The van der Waals surface area contributed by atoms with Crippen molar-refractivity contribution in [1.82, 2.24) is 0 Å². The normalized spacial score (nSPS) is 21.5. The quantitative estimate of drug-likeness (QED) is 0.898. The SMILES string of the molecule is CC1=NN(c2ccc(C(F)(F)F)cc2)CC1C(C)O. The van der Waals surface area contributed by atoms with E-state index in [9.17, 15) is 18.3 Å². The van der Waals surface area contributed by atoms with Crippen molar-refractivity contribution in [2.75, 3.05) is 11.6 Å². The molecule has 104 valence electrons. The average molecular weight is 272 g/mol. The smallest absolute Gasteiger partial charge is 0.393 e. The summed E-state index contributed by atoms with van der Waals surface area (Å²) in [5, 5.41) is 15.5. The molecule has 0 aromatic heterocycles. The summed E-state index contributed by atoms with van der Waals surface area (Å²) in [5.74, 6) is -0.0812. The summed E-state index contributed by atoms with van der Waals surface area (Å²) in [6, 6.07) is 4.86. The van der Waals surface area contributed by atoms with Gasteiger partial charge >= 0.3 is 6.18 Å². The van der Waals surface area contributed by atoms with Gasteiger partial charge in [0.25, 0.3) is 0 Å². The molecule has 1 N–H and O–H groups in total. The molecule has 2 atom stereocenters. The van der Waals surface area contributed by atoms with Crippen LogP contribution in [0.25, 0.3) is 0 Å². The second kappa shape index (κ2) is 4.85. The van der Waals surface area contributed by atoms with Gasteiger partial charge < -0.3 is 5.11 Å². The fraction of sp³-hybridized carbons (Fsp3) is 0.462. The number of benzene rings is 1. The lowest BCUT2D eigenvalue weighted by Crippen LogP contribution is -2.27. The topological polar surface area (TPSA) is 35.8 Å². The highest BCUT2D eigenvalue weighted by atomic mass is 19.4. The summed E-state index contributed by atoms with van der Waals surface area (Å²) < 4.78 is 37.4. The van der Waals surface area contributed by atoms with Crippen molar-refractivity contribution < 1.29 is 18.3 Å². The Morgan fingerprint density at radius 1 is 1.32 bits per heavy atom. The second-order valence-corrected chi connectivity index (χ2v) is 4.72. The Hall–Kier alpha value is -1.56. The first kappa shape index (κ1) is 13.9. The van der Waals surface area contributed by atoms with Crippen LogP contribution in [-0.4, -0.2) is 23.5 Å². The number of hydrazone groups is 1. The number of nitrogens with zero attached hydrogens (tertiary/aromatic N) is 2. The Balaban J connectivity index is 2.17. The minimum Gasteiger partial charge on any atom is -0.393 e. The van der Waals surface area contributed by atoms with Crippen molar-refractivity contribution in [3.8, 4) is 0 Å². The standard InChI is InChI=1S/C13H15F3N2O/c1-8-12(9(2)19)7-18(17-8)11-5-3-10(4-6-11)13(14,15)16/h3-6,9,12,19H,7H2,1-2H3. The number of halogens is 3. The summed E-state index contributed by atoms with van der Waals surface area (Å²) in [6.07, 6.45) is -4.85. The molecule has 0 amide bonds. The van der Waals surface area contributed by atoms with Gasteiger partial charge in [0.1, 0.15) is 0 Å². The van der Waals surface area contributed by atoms with E-state index in [-0.39, 0.29) is 5.92 Å². The van der Waals surface area contributed by atoms with Crippen molar-refractivity contribution >= 4 is 11.4 Å². The Morgan fingerprint density at radius 2 is 1.89 bits per heavy atom. The van der Waals surface area contributed by atoms with Crippen molar-refractivity contribution in [1.29, 1.82) is 0 Å². The third-order valence-electron chi connectivity index (χ3n) is 3.26. The van der Waals surface area contributed by atoms with Crippen LogP contribution < -0.4 is 5.01 Å². The van der Waals surface area contributed by atoms with E-state index in [1.54, 1.807) is 11.9 Å². The number of anilines is 1. The van der Waals surface area contributed by atoms with Crippen LogP contribution in [0.1, 0.15) is 19.4 Å². The first-order valence-corrected chi connectivity index (χ1v) is 5.97. The highest BCUT2D eigenvalue weighted by Crippen LogP contribution is 2.31. The number of hydrogen-bond donors (Lipinski definition) is 1. The van der Waals surface area contributed by atoms with E-state index in [2.05, 4.69) is 5.10 Å². The van der Waals surface area contributed by atoms with Crippen LogP contribution in [0.4, 0.5) is 18.9 Å². The molecule has 0 spiro atoms. The summed E-state index contributed by atoms with van der Waals surface area (Å²) in [5.41, 5.74) is 0.702. The predicted molar refractivity (Wildman–Crippen MR) is 67.1 cm³/mol. The molecule has 3 nitrogen and oxygen atoms in total. The van der Waals surface area contributed by atoms with E-state index < -0.39 is 17.8 Å². The summed E-state index contributed by atoms with van der Waals surface area (Å²) >= 11 is 0. The third-order valence-corrected chi connectivity index (χ3v) is 3.26. The number of hydrogen-bond acceptors (Lipinski definition) is 3. The number of rotatable bonds is 2. The third kappa shape index (κ3) is 2.89. The molecule has 1 aromatic rings. The molecule has 0 saturated heterocycles. The van der Waals surface area contributed by atoms with Gasteiger partial charge in [-0.05, 0) is 38.1 Å². The summed E-state index contributed by atoms with van der Waals surface area (Å²) in [6.45, 7) is 3.97. The van der Waals surface area contributed by atoms with Crippen molar-refractivity contribution in [3.63, 3.8) is 0 Å². The fourth-order valence-corrected chi connectivity index (χ4v) is 2.11. The molecule has 1 heterocycles. The molecule has 2 rings (SSSR count). The maximum Gasteiger partial charge on any atom is 0.416 e. The van der Waals surface area contributed by atoms with E-state index in [1.165, 1.54) is 12.1 Å². The molecule has 0 bridgehead atoms. The number of alkyl halides is 3. The Bertz CT molecular complexity index is 480. The molecule has 1 aromatic carbocycles. The van der Waals surface area contributed by atoms with Crippen LogP contribution in [0.3, 0.4) is 0 Å². The largest absolute Gasteiger partial charge is 0.416 e. The lowest BCUT2D eigenvalue weighted by Gasteiger charge is -2.18. The van der Waals surface area contributed by atoms with Crippen molar-refractivity contribution in [2.45, 2.75) is 26.1 Å². The second-order valence-electron chi connectivity index (χ2n) is 4.72. The van der Waals surface area contributed by atoms with Crippen LogP contribution in [0.5, 0.6) is 0 Å². The lowest BCUT2D eigenvalue weighted by atomic mass is 10.00. The van der Waals surface area contributed by atoms with E-state index in [0.29, 0.717) is 12.2 Å². The molecule has 19 heavy (non-hydrogen) atoms. The molecule has 6 heteroatoms. The zero-order valence-electron chi connectivity index (χ0n) is 10.6. The molecular formula is C13H15F3N2O. The highest BCUT2D eigenvalue weighted by molar-refractivity contribution is 5.88. The molecule has 0 radical (unpaired) electrons. The van der Waals surface area contributed by atoms with Gasteiger partial charge in [0.05, 0.1) is 23.9 Å². The summed E-state index contributed by atoms with van der Waals surface area (Å²) in [4.78, 5) is 0. The lowest BCUT2D eigenvalue weighted by molar-refractivity contribution is -0.137. The minimum atomic E-state index is -4.33. The zero-order valence-corrected chi connectivity index (χ0v) is 10.6. The maximum atomic E-state index is 12.5. The van der Waals surface area contributed by atoms with Crippen LogP contribution in [-0.2, 0) is 6.18 Å². The highest BCUT2D eigenvalue weighted by Gasteiger charge is 2.31. The van der Waals surface area contributed by atoms with Crippen molar-refractivity contribution in [3.05, 3.63) is 29.8 Å². The van der Waals surface area contributed by atoms with Crippen molar-refractivity contribution in [2.24, 2.45) is 11.0 Å². The van der Waals surface area contributed by atoms with Crippen LogP contribution in [0.2, 0.25) is 0 Å². The summed E-state index contributed by atoms with van der Waals surface area (Å²) in [7, 11) is 0. The number of aliphatic hydroxyl groups is 1. The average Bonchev–Trinajstić information content (AvgIpc) is 2.70. The first-order chi connectivity index (χ1) is 8.79. The molecule has 1 aliphatic heterocycles. The maximum absolute atomic E-state index is 12.5. The van der Waals surface area contributed by atoms with Gasteiger partial charge in [-0.3, -0.25) is 5.01 Å². The molecular weight excluding hydrogens is 257 g/mol. The molecule has 1 aliphatic rings. The van der Waals surface area contributed by atoms with Crippen LogP contribution in [0.15, 0.2) is 29.4 Å². The van der Waals surface area contributed by atoms with Crippen LogP contribution >= 0.6 is 0 Å². The Morgan fingerprint density at radius 3 is 2.32 bits per heavy atom. The molecule has 2 unspecified atom stereocenters. The number of aliphatic hydroxyl groups excluding tert-OH is 1. The van der Waals surface area contributed by atoms with Gasteiger partial charge in [-0.2, -0.15) is 18.3 Å². The molecule has 0 saturated carbocycles. The van der Waals surface area contributed by atoms with Crippen LogP contribution in [0, 0.1) is 5.92 Å². The van der Waals surface area contributed by atoms with E-state index in [1.807, 2.05) is 6.92 Å². The van der Waals surface area contributed by atoms with Gasteiger partial charge in [0.2, 0.25) is 0 Å². The fourth-order valence-electron chi connectivity index (χ4n) is 2.11. The first-order valence-electron chi connectivity index (χ1n) is 5.97. The van der Waals surface area contributed by atoms with Gasteiger partial charge in [-0.1, -0.05) is 0 Å². The minimum absolute atomic E-state index is 0.0812. The monoisotopic (exact) mass is 272 g/mol. The zero-order chi connectivity index (χ0) is 14.2. The Labute approximate surface area is 109 Å².